The zero-order chi connectivity index (χ0) is 16.3. The van der Waals surface area contributed by atoms with Gasteiger partial charge in [-0.15, -0.1) is 0 Å². The van der Waals surface area contributed by atoms with Gasteiger partial charge in [0, 0.05) is 24.1 Å². The molecule has 22 heavy (non-hydrogen) atoms. The van der Waals surface area contributed by atoms with Gasteiger partial charge in [-0.05, 0) is 36.1 Å². The lowest BCUT2D eigenvalue weighted by atomic mass is 9.93. The van der Waals surface area contributed by atoms with E-state index in [1.165, 1.54) is 18.2 Å². The molecule has 0 radical (unpaired) electrons. The molecular weight excluding hydrogens is 302 g/mol. The number of nitro benzene ring substituents is 1. The highest BCUT2D eigenvalue weighted by Gasteiger charge is 2.18. The summed E-state index contributed by atoms with van der Waals surface area (Å²) in [5, 5.41) is 11.1. The molecule has 2 aromatic carbocycles. The number of nitrogens with zero attached hydrogens (tertiary/aromatic N) is 1. The fourth-order valence-electron chi connectivity index (χ4n) is 2.44. The second-order valence-corrected chi connectivity index (χ2v) is 5.49. The Labute approximate surface area is 133 Å². The SMILES string of the molecule is CCc1cccc(C)c1CC(=O)c1cc([N+](=O)[O-])ccc1Cl. The number of benzene rings is 2. The van der Waals surface area contributed by atoms with E-state index in [2.05, 4.69) is 0 Å². The summed E-state index contributed by atoms with van der Waals surface area (Å²) in [7, 11) is 0. The van der Waals surface area contributed by atoms with Crippen LogP contribution >= 0.6 is 11.6 Å². The van der Waals surface area contributed by atoms with Gasteiger partial charge in [0.1, 0.15) is 0 Å². The summed E-state index contributed by atoms with van der Waals surface area (Å²) in [5.41, 5.74) is 3.18. The first-order valence-corrected chi connectivity index (χ1v) is 7.36. The lowest BCUT2D eigenvalue weighted by molar-refractivity contribution is -0.384. The Balaban J connectivity index is 2.38. The molecule has 2 aromatic rings. The summed E-state index contributed by atoms with van der Waals surface area (Å²) in [6.07, 6.45) is 1.02. The Hall–Kier alpha value is -2.20. The van der Waals surface area contributed by atoms with Crippen LogP contribution in [0.25, 0.3) is 0 Å². The molecule has 0 fully saturated rings. The van der Waals surface area contributed by atoms with E-state index in [4.69, 9.17) is 11.6 Å². The smallest absolute Gasteiger partial charge is 0.270 e. The monoisotopic (exact) mass is 317 g/mol. The van der Waals surface area contributed by atoms with Crippen LogP contribution in [0.15, 0.2) is 36.4 Å². The van der Waals surface area contributed by atoms with Crippen molar-refractivity contribution in [3.8, 4) is 0 Å². The van der Waals surface area contributed by atoms with E-state index < -0.39 is 4.92 Å². The number of Topliss-reactive ketones (excluding diaryl/α,β-unsaturated/α-hetero) is 1. The minimum atomic E-state index is -0.529. The molecule has 0 N–H and O–H groups in total. The second-order valence-electron chi connectivity index (χ2n) is 5.09. The quantitative estimate of drug-likeness (QED) is 0.462. The van der Waals surface area contributed by atoms with E-state index in [0.29, 0.717) is 0 Å². The number of carbonyl (C=O) groups excluding carboxylic acids is 1. The van der Waals surface area contributed by atoms with Gasteiger partial charge in [0.15, 0.2) is 5.78 Å². The van der Waals surface area contributed by atoms with E-state index in [1.807, 2.05) is 32.0 Å². The van der Waals surface area contributed by atoms with Crippen molar-refractivity contribution in [1.29, 1.82) is 0 Å². The molecule has 114 valence electrons. The zero-order valence-corrected chi connectivity index (χ0v) is 13.2. The number of aryl methyl sites for hydroxylation is 2. The van der Waals surface area contributed by atoms with Gasteiger partial charge in [0.05, 0.1) is 9.95 Å². The van der Waals surface area contributed by atoms with Crippen LogP contribution in [-0.2, 0) is 12.8 Å². The number of nitro groups is 1. The highest BCUT2D eigenvalue weighted by atomic mass is 35.5. The molecule has 4 nitrogen and oxygen atoms in total. The van der Waals surface area contributed by atoms with Gasteiger partial charge in [-0.2, -0.15) is 0 Å². The molecule has 0 spiro atoms. The van der Waals surface area contributed by atoms with E-state index in [0.717, 1.165) is 23.1 Å². The molecular formula is C17H16ClNO3. The van der Waals surface area contributed by atoms with Crippen LogP contribution in [0.5, 0.6) is 0 Å². The summed E-state index contributed by atoms with van der Waals surface area (Å²) >= 11 is 6.03. The molecule has 0 bridgehead atoms. The van der Waals surface area contributed by atoms with Gasteiger partial charge in [0.25, 0.3) is 5.69 Å². The first kappa shape index (κ1) is 16.2. The Morgan fingerprint density at radius 3 is 2.64 bits per heavy atom. The lowest BCUT2D eigenvalue weighted by Gasteiger charge is -2.11. The van der Waals surface area contributed by atoms with E-state index in [9.17, 15) is 14.9 Å². The molecule has 0 unspecified atom stereocenters. The minimum Gasteiger partial charge on any atom is -0.294 e. The number of ketones is 1. The maximum atomic E-state index is 12.5. The summed E-state index contributed by atoms with van der Waals surface area (Å²) < 4.78 is 0. The first-order valence-electron chi connectivity index (χ1n) is 6.98. The number of non-ortho nitro benzene ring substituents is 1. The number of rotatable bonds is 5. The van der Waals surface area contributed by atoms with Crippen molar-refractivity contribution in [2.75, 3.05) is 0 Å². The third kappa shape index (κ3) is 3.34. The molecule has 0 saturated heterocycles. The predicted molar refractivity (Wildman–Crippen MR) is 86.7 cm³/mol. The molecule has 0 aliphatic heterocycles. The minimum absolute atomic E-state index is 0.131. The highest BCUT2D eigenvalue weighted by molar-refractivity contribution is 6.34. The molecule has 5 heteroatoms. The van der Waals surface area contributed by atoms with Crippen molar-refractivity contribution in [1.82, 2.24) is 0 Å². The summed E-state index contributed by atoms with van der Waals surface area (Å²) in [4.78, 5) is 22.8. The van der Waals surface area contributed by atoms with Gasteiger partial charge in [-0.3, -0.25) is 14.9 Å². The average molecular weight is 318 g/mol. The van der Waals surface area contributed by atoms with Crippen molar-refractivity contribution >= 4 is 23.1 Å². The lowest BCUT2D eigenvalue weighted by Crippen LogP contribution is -2.08. The maximum Gasteiger partial charge on any atom is 0.270 e. The third-order valence-electron chi connectivity index (χ3n) is 3.69. The number of hydrogen-bond acceptors (Lipinski definition) is 3. The summed E-state index contributed by atoms with van der Waals surface area (Å²) in [6.45, 7) is 3.99. The maximum absolute atomic E-state index is 12.5. The van der Waals surface area contributed by atoms with E-state index >= 15 is 0 Å². The first-order chi connectivity index (χ1) is 10.4. The average Bonchev–Trinajstić information content (AvgIpc) is 2.49. The van der Waals surface area contributed by atoms with Gasteiger partial charge in [0.2, 0.25) is 0 Å². The van der Waals surface area contributed by atoms with Crippen molar-refractivity contribution in [2.45, 2.75) is 26.7 Å². The molecule has 0 amide bonds. The van der Waals surface area contributed by atoms with Crippen LogP contribution in [0.2, 0.25) is 5.02 Å². The van der Waals surface area contributed by atoms with Crippen LogP contribution in [-0.4, -0.2) is 10.7 Å². The molecule has 0 aliphatic rings. The second kappa shape index (κ2) is 6.71. The normalized spacial score (nSPS) is 10.5. The van der Waals surface area contributed by atoms with Crippen LogP contribution in [0, 0.1) is 17.0 Å². The summed E-state index contributed by atoms with van der Waals surface area (Å²) in [6, 6.07) is 9.84. The standard InChI is InChI=1S/C17H16ClNO3/c1-3-12-6-4-5-11(2)14(12)10-17(20)15-9-13(19(21)22)7-8-16(15)18/h4-9H,3,10H2,1-2H3. The predicted octanol–water partition coefficient (Wildman–Crippen LogP) is 4.54. The largest absolute Gasteiger partial charge is 0.294 e. The summed E-state index contributed by atoms with van der Waals surface area (Å²) in [5.74, 6) is -0.210. The van der Waals surface area contributed by atoms with Gasteiger partial charge < -0.3 is 0 Å². The van der Waals surface area contributed by atoms with Crippen LogP contribution in [0.3, 0.4) is 0 Å². The molecule has 2 rings (SSSR count). The fraction of sp³-hybridized carbons (Fsp3) is 0.235. The number of hydrogen-bond donors (Lipinski definition) is 0. The van der Waals surface area contributed by atoms with Crippen molar-refractivity contribution in [3.05, 3.63) is 73.8 Å². The molecule has 0 saturated carbocycles. The Kier molecular flexibility index (Phi) is 4.93. The topological polar surface area (TPSA) is 60.2 Å². The Bertz CT molecular complexity index is 741. The van der Waals surface area contributed by atoms with Gasteiger partial charge in [-0.25, -0.2) is 0 Å². The Morgan fingerprint density at radius 1 is 1.27 bits per heavy atom. The van der Waals surface area contributed by atoms with Crippen molar-refractivity contribution < 1.29 is 9.72 Å². The highest BCUT2D eigenvalue weighted by Crippen LogP contribution is 2.25. The molecule has 0 atom stereocenters. The van der Waals surface area contributed by atoms with Gasteiger partial charge >= 0.3 is 0 Å². The zero-order valence-electron chi connectivity index (χ0n) is 12.4. The van der Waals surface area contributed by atoms with Crippen LogP contribution in [0.4, 0.5) is 5.69 Å². The van der Waals surface area contributed by atoms with Gasteiger partial charge in [-0.1, -0.05) is 36.7 Å². The van der Waals surface area contributed by atoms with Crippen molar-refractivity contribution in [3.63, 3.8) is 0 Å². The van der Waals surface area contributed by atoms with Crippen LogP contribution < -0.4 is 0 Å². The van der Waals surface area contributed by atoms with Crippen LogP contribution in [0.1, 0.15) is 34.0 Å². The molecule has 0 heterocycles. The van der Waals surface area contributed by atoms with Crippen molar-refractivity contribution in [2.24, 2.45) is 0 Å². The van der Waals surface area contributed by atoms with E-state index in [1.54, 1.807) is 0 Å². The molecule has 0 aliphatic carbocycles. The number of carbonyl (C=O) groups is 1. The Morgan fingerprint density at radius 2 is 2.00 bits per heavy atom. The van der Waals surface area contributed by atoms with E-state index in [-0.39, 0.29) is 28.5 Å². The number of halogens is 1. The fourth-order valence-corrected chi connectivity index (χ4v) is 2.67. The third-order valence-corrected chi connectivity index (χ3v) is 4.02. The molecule has 0 aromatic heterocycles.